The first-order chi connectivity index (χ1) is 8.61. The van der Waals surface area contributed by atoms with Crippen molar-refractivity contribution in [3.8, 4) is 0 Å². The summed E-state index contributed by atoms with van der Waals surface area (Å²) in [5, 5.41) is 14.3. The van der Waals surface area contributed by atoms with Gasteiger partial charge in [-0.2, -0.15) is 0 Å². The van der Waals surface area contributed by atoms with E-state index in [-0.39, 0.29) is 16.7 Å². The third-order valence-corrected chi connectivity index (χ3v) is 3.08. The van der Waals surface area contributed by atoms with Crippen molar-refractivity contribution in [2.45, 2.75) is 13.0 Å². The third kappa shape index (κ3) is 2.42. The van der Waals surface area contributed by atoms with Gasteiger partial charge in [0.25, 0.3) is 5.69 Å². The highest BCUT2D eigenvalue weighted by Gasteiger charge is 2.25. The van der Waals surface area contributed by atoms with E-state index in [0.29, 0.717) is 24.3 Å². The summed E-state index contributed by atoms with van der Waals surface area (Å²) in [5.41, 5.74) is 2.21. The molecular formula is C13H16N2O3. The predicted octanol–water partition coefficient (Wildman–Crippen LogP) is 1.90. The molecule has 1 unspecified atom stereocenters. The monoisotopic (exact) mass is 248 g/mol. The van der Waals surface area contributed by atoms with E-state index in [2.05, 4.69) is 11.9 Å². The summed E-state index contributed by atoms with van der Waals surface area (Å²) in [5.74, 6) is 0. The van der Waals surface area contributed by atoms with Crippen molar-refractivity contribution in [3.05, 3.63) is 46.0 Å². The van der Waals surface area contributed by atoms with Gasteiger partial charge in [0, 0.05) is 19.2 Å². The molecule has 96 valence electrons. The lowest BCUT2D eigenvalue weighted by molar-refractivity contribution is -0.385. The van der Waals surface area contributed by atoms with Crippen LogP contribution in [0.25, 0.3) is 5.57 Å². The first-order valence-electron chi connectivity index (χ1n) is 5.86. The normalized spacial score (nSPS) is 19.5. The number of hydrogen-bond acceptors (Lipinski definition) is 4. The summed E-state index contributed by atoms with van der Waals surface area (Å²) < 4.78 is 5.60. The molecule has 5 heteroatoms. The molecule has 1 heterocycles. The molecule has 1 N–H and O–H groups in total. The lowest BCUT2D eigenvalue weighted by atomic mass is 9.95. The van der Waals surface area contributed by atoms with Gasteiger partial charge in [-0.05, 0) is 18.1 Å². The fourth-order valence-electron chi connectivity index (χ4n) is 2.17. The standard InChI is InChI=1S/C13H16N2O3/c1-9-4-3-5-11(15(16)17)13(9)10(2)12-8-14-6-7-18-12/h3-5,12,14H,2,6-8H2,1H3. The molecule has 0 spiro atoms. The average Bonchev–Trinajstić information content (AvgIpc) is 2.38. The number of hydrogen-bond donors (Lipinski definition) is 1. The van der Waals surface area contributed by atoms with Gasteiger partial charge in [-0.15, -0.1) is 0 Å². The molecule has 1 saturated heterocycles. The van der Waals surface area contributed by atoms with E-state index in [0.717, 1.165) is 12.1 Å². The van der Waals surface area contributed by atoms with Crippen LogP contribution in [0.4, 0.5) is 5.69 Å². The second-order valence-electron chi connectivity index (χ2n) is 4.31. The highest BCUT2D eigenvalue weighted by atomic mass is 16.6. The third-order valence-electron chi connectivity index (χ3n) is 3.08. The summed E-state index contributed by atoms with van der Waals surface area (Å²) in [6.45, 7) is 7.88. The van der Waals surface area contributed by atoms with Crippen LogP contribution in [0.5, 0.6) is 0 Å². The van der Waals surface area contributed by atoms with Crippen molar-refractivity contribution >= 4 is 11.3 Å². The van der Waals surface area contributed by atoms with Crippen LogP contribution < -0.4 is 5.32 Å². The van der Waals surface area contributed by atoms with Crippen molar-refractivity contribution < 1.29 is 9.66 Å². The number of benzene rings is 1. The summed E-state index contributed by atoms with van der Waals surface area (Å²) in [4.78, 5) is 10.7. The van der Waals surface area contributed by atoms with Crippen LogP contribution in [0.15, 0.2) is 24.8 Å². The van der Waals surface area contributed by atoms with Crippen LogP contribution in [-0.4, -0.2) is 30.7 Å². The molecule has 18 heavy (non-hydrogen) atoms. The van der Waals surface area contributed by atoms with Crippen LogP contribution in [-0.2, 0) is 4.74 Å². The van der Waals surface area contributed by atoms with E-state index < -0.39 is 0 Å². The topological polar surface area (TPSA) is 64.4 Å². The largest absolute Gasteiger partial charge is 0.371 e. The summed E-state index contributed by atoms with van der Waals surface area (Å²) >= 11 is 0. The maximum absolute atomic E-state index is 11.1. The number of nitrogens with one attached hydrogen (secondary N) is 1. The molecule has 5 nitrogen and oxygen atoms in total. The quantitative estimate of drug-likeness (QED) is 0.655. The van der Waals surface area contributed by atoms with Gasteiger partial charge in [0.2, 0.25) is 0 Å². The molecule has 0 amide bonds. The van der Waals surface area contributed by atoms with Gasteiger partial charge < -0.3 is 10.1 Å². The lowest BCUT2D eigenvalue weighted by Gasteiger charge is -2.26. The Balaban J connectivity index is 2.36. The Bertz CT molecular complexity index is 479. The molecule has 0 aromatic heterocycles. The Morgan fingerprint density at radius 3 is 3.00 bits per heavy atom. The maximum atomic E-state index is 11.1. The lowest BCUT2D eigenvalue weighted by Crippen LogP contribution is -2.39. The maximum Gasteiger partial charge on any atom is 0.277 e. The number of nitrogens with zero attached hydrogens (tertiary/aromatic N) is 1. The summed E-state index contributed by atoms with van der Waals surface area (Å²) in [7, 11) is 0. The van der Waals surface area contributed by atoms with Gasteiger partial charge in [0.15, 0.2) is 0 Å². The van der Waals surface area contributed by atoms with Crippen LogP contribution in [0, 0.1) is 17.0 Å². The van der Waals surface area contributed by atoms with Crippen molar-refractivity contribution in [3.63, 3.8) is 0 Å². The second-order valence-corrected chi connectivity index (χ2v) is 4.31. The Morgan fingerprint density at radius 2 is 2.39 bits per heavy atom. The number of nitro benzene ring substituents is 1. The predicted molar refractivity (Wildman–Crippen MR) is 69.5 cm³/mol. The molecule has 0 bridgehead atoms. The fraction of sp³-hybridized carbons (Fsp3) is 0.385. The molecule has 1 fully saturated rings. The van der Waals surface area contributed by atoms with E-state index >= 15 is 0 Å². The zero-order valence-electron chi connectivity index (χ0n) is 10.3. The van der Waals surface area contributed by atoms with E-state index in [1.807, 2.05) is 13.0 Å². The molecule has 1 atom stereocenters. The minimum Gasteiger partial charge on any atom is -0.371 e. The van der Waals surface area contributed by atoms with E-state index in [4.69, 9.17) is 4.74 Å². The Morgan fingerprint density at radius 1 is 1.61 bits per heavy atom. The zero-order chi connectivity index (χ0) is 13.1. The summed E-state index contributed by atoms with van der Waals surface area (Å²) in [6.07, 6.45) is -0.196. The van der Waals surface area contributed by atoms with Crippen LogP contribution in [0.1, 0.15) is 11.1 Å². The fourth-order valence-corrected chi connectivity index (χ4v) is 2.17. The van der Waals surface area contributed by atoms with Gasteiger partial charge in [0.05, 0.1) is 23.2 Å². The molecule has 0 aliphatic carbocycles. The van der Waals surface area contributed by atoms with Crippen LogP contribution in [0.3, 0.4) is 0 Å². The molecule has 2 rings (SSSR count). The van der Waals surface area contributed by atoms with Crippen molar-refractivity contribution in [2.75, 3.05) is 19.7 Å². The number of aryl methyl sites for hydroxylation is 1. The van der Waals surface area contributed by atoms with Gasteiger partial charge in [0.1, 0.15) is 0 Å². The van der Waals surface area contributed by atoms with Gasteiger partial charge >= 0.3 is 0 Å². The molecule has 1 aliphatic rings. The van der Waals surface area contributed by atoms with Crippen molar-refractivity contribution in [2.24, 2.45) is 0 Å². The molecule has 0 radical (unpaired) electrons. The van der Waals surface area contributed by atoms with Gasteiger partial charge in [-0.25, -0.2) is 0 Å². The second kappa shape index (κ2) is 5.29. The van der Waals surface area contributed by atoms with E-state index in [9.17, 15) is 10.1 Å². The molecule has 0 saturated carbocycles. The average molecular weight is 248 g/mol. The Labute approximate surface area is 106 Å². The first-order valence-corrected chi connectivity index (χ1v) is 5.86. The molecule has 1 aromatic carbocycles. The molecular weight excluding hydrogens is 232 g/mol. The van der Waals surface area contributed by atoms with Gasteiger partial charge in [-0.1, -0.05) is 18.7 Å². The van der Waals surface area contributed by atoms with E-state index in [1.165, 1.54) is 6.07 Å². The summed E-state index contributed by atoms with van der Waals surface area (Å²) in [6, 6.07) is 5.04. The van der Waals surface area contributed by atoms with Gasteiger partial charge in [-0.3, -0.25) is 10.1 Å². The number of ether oxygens (including phenoxy) is 1. The first kappa shape index (κ1) is 12.7. The minimum atomic E-state index is -0.371. The molecule has 1 aliphatic heterocycles. The van der Waals surface area contributed by atoms with Crippen LogP contribution in [0.2, 0.25) is 0 Å². The highest BCUT2D eigenvalue weighted by Crippen LogP contribution is 2.31. The minimum absolute atomic E-state index is 0.0918. The van der Waals surface area contributed by atoms with Crippen molar-refractivity contribution in [1.29, 1.82) is 0 Å². The Hall–Kier alpha value is -1.72. The number of rotatable bonds is 3. The van der Waals surface area contributed by atoms with Crippen molar-refractivity contribution in [1.82, 2.24) is 5.32 Å². The SMILES string of the molecule is C=C(c1c(C)cccc1[N+](=O)[O-])C1CNCCO1. The van der Waals surface area contributed by atoms with E-state index in [1.54, 1.807) is 6.07 Å². The number of nitro groups is 1. The van der Waals surface area contributed by atoms with Crippen LogP contribution >= 0.6 is 0 Å². The zero-order valence-corrected chi connectivity index (χ0v) is 10.3. The Kier molecular flexibility index (Phi) is 3.74. The number of morpholine rings is 1. The smallest absolute Gasteiger partial charge is 0.277 e. The highest BCUT2D eigenvalue weighted by molar-refractivity contribution is 5.76. The molecule has 1 aromatic rings.